The molecule has 3 heteroatoms. The highest BCUT2D eigenvalue weighted by atomic mass is 32.2. The number of nitrogens with zero attached hydrogens (tertiary/aromatic N) is 1. The van der Waals surface area contributed by atoms with Crippen LogP contribution < -0.4 is 0 Å². The van der Waals surface area contributed by atoms with Gasteiger partial charge in [-0.2, -0.15) is 0 Å². The van der Waals surface area contributed by atoms with Crippen molar-refractivity contribution in [2.24, 2.45) is 0 Å². The number of thioether (sulfide) groups is 1. The summed E-state index contributed by atoms with van der Waals surface area (Å²) in [6.45, 7) is 2.13. The molecule has 2 aromatic rings. The van der Waals surface area contributed by atoms with Crippen LogP contribution in [0, 0.1) is 0 Å². The van der Waals surface area contributed by atoms with Crippen LogP contribution in [0.4, 0.5) is 0 Å². The highest BCUT2D eigenvalue weighted by Crippen LogP contribution is 2.22. The number of oxazole rings is 1. The van der Waals surface area contributed by atoms with Crippen molar-refractivity contribution in [3.05, 3.63) is 23.8 Å². The Hall–Kier alpha value is -0.960. The average Bonchev–Trinajstić information content (AvgIpc) is 2.58. The molecule has 1 aromatic heterocycles. The van der Waals surface area contributed by atoms with Crippen molar-refractivity contribution in [2.75, 3.05) is 6.26 Å². The molecule has 0 spiro atoms. The third-order valence-corrected chi connectivity index (χ3v) is 2.54. The van der Waals surface area contributed by atoms with Gasteiger partial charge in [-0.3, -0.25) is 0 Å². The number of aryl methyl sites for hydroxylation is 1. The SMILES string of the molecule is CCc1ccc2nc(SC)oc2c1. The minimum atomic E-state index is 0.739. The minimum absolute atomic E-state index is 0.739. The standard InChI is InChI=1S/C10H11NOS/c1-3-7-4-5-8-9(6-7)12-10(11-8)13-2/h4-6H,3H2,1-2H3. The molecule has 0 amide bonds. The van der Waals surface area contributed by atoms with Gasteiger partial charge < -0.3 is 4.42 Å². The molecular weight excluding hydrogens is 182 g/mol. The third kappa shape index (κ3) is 1.56. The number of rotatable bonds is 2. The van der Waals surface area contributed by atoms with Crippen LogP contribution in [0.3, 0.4) is 0 Å². The topological polar surface area (TPSA) is 26.0 Å². The van der Waals surface area contributed by atoms with Crippen LogP contribution in [0.2, 0.25) is 0 Å². The molecule has 0 atom stereocenters. The largest absolute Gasteiger partial charge is 0.431 e. The van der Waals surface area contributed by atoms with Gasteiger partial charge in [0.1, 0.15) is 5.52 Å². The molecule has 0 fully saturated rings. The second kappa shape index (κ2) is 3.42. The number of aromatic nitrogens is 1. The molecule has 2 rings (SSSR count). The zero-order valence-corrected chi connectivity index (χ0v) is 8.52. The number of hydrogen-bond acceptors (Lipinski definition) is 3. The first-order valence-corrected chi connectivity index (χ1v) is 5.49. The Morgan fingerprint density at radius 2 is 2.31 bits per heavy atom. The Bertz CT molecular complexity index is 420. The Labute approximate surface area is 81.3 Å². The Morgan fingerprint density at radius 1 is 1.46 bits per heavy atom. The maximum absolute atomic E-state index is 5.51. The molecule has 13 heavy (non-hydrogen) atoms. The summed E-state index contributed by atoms with van der Waals surface area (Å²) in [5.41, 5.74) is 3.13. The van der Waals surface area contributed by atoms with Crippen molar-refractivity contribution < 1.29 is 4.42 Å². The molecule has 1 aromatic carbocycles. The van der Waals surface area contributed by atoms with E-state index < -0.39 is 0 Å². The molecule has 0 N–H and O–H groups in total. The van der Waals surface area contributed by atoms with E-state index >= 15 is 0 Å². The van der Waals surface area contributed by atoms with Gasteiger partial charge in [-0.05, 0) is 30.4 Å². The monoisotopic (exact) mass is 193 g/mol. The van der Waals surface area contributed by atoms with Gasteiger partial charge in [0.2, 0.25) is 0 Å². The van der Waals surface area contributed by atoms with E-state index in [1.807, 2.05) is 12.3 Å². The highest BCUT2D eigenvalue weighted by Gasteiger charge is 2.03. The average molecular weight is 193 g/mol. The van der Waals surface area contributed by atoms with Crippen LogP contribution in [0.15, 0.2) is 27.8 Å². The molecule has 0 aliphatic rings. The molecule has 1 heterocycles. The summed E-state index contributed by atoms with van der Waals surface area (Å²) in [5, 5.41) is 0.739. The van der Waals surface area contributed by atoms with Crippen LogP contribution >= 0.6 is 11.8 Å². The van der Waals surface area contributed by atoms with E-state index in [4.69, 9.17) is 4.42 Å². The van der Waals surface area contributed by atoms with Crippen molar-refractivity contribution >= 4 is 22.9 Å². The van der Waals surface area contributed by atoms with Crippen LogP contribution in [-0.4, -0.2) is 11.2 Å². The van der Waals surface area contributed by atoms with E-state index in [1.165, 1.54) is 17.3 Å². The molecule has 0 radical (unpaired) electrons. The van der Waals surface area contributed by atoms with Gasteiger partial charge in [0, 0.05) is 0 Å². The van der Waals surface area contributed by atoms with Gasteiger partial charge in [0.15, 0.2) is 5.58 Å². The predicted octanol–water partition coefficient (Wildman–Crippen LogP) is 3.11. The molecule has 0 aliphatic heterocycles. The smallest absolute Gasteiger partial charge is 0.256 e. The Balaban J connectivity index is 2.57. The maximum Gasteiger partial charge on any atom is 0.256 e. The lowest BCUT2D eigenvalue weighted by Crippen LogP contribution is -1.77. The summed E-state index contributed by atoms with van der Waals surface area (Å²) < 4.78 is 5.51. The molecule has 2 nitrogen and oxygen atoms in total. The first-order chi connectivity index (χ1) is 6.33. The fourth-order valence-corrected chi connectivity index (χ4v) is 1.62. The quantitative estimate of drug-likeness (QED) is 0.685. The molecule has 0 aliphatic carbocycles. The first-order valence-electron chi connectivity index (χ1n) is 4.27. The van der Waals surface area contributed by atoms with Gasteiger partial charge in [-0.1, -0.05) is 24.8 Å². The summed E-state index contributed by atoms with van der Waals surface area (Å²) in [7, 11) is 0. The first kappa shape index (κ1) is 8.63. The summed E-state index contributed by atoms with van der Waals surface area (Å²) >= 11 is 1.53. The summed E-state index contributed by atoms with van der Waals surface area (Å²) in [6, 6.07) is 6.16. The van der Waals surface area contributed by atoms with Crippen LogP contribution in [0.1, 0.15) is 12.5 Å². The Kier molecular flexibility index (Phi) is 2.27. The van der Waals surface area contributed by atoms with E-state index in [9.17, 15) is 0 Å². The van der Waals surface area contributed by atoms with Gasteiger partial charge >= 0.3 is 0 Å². The second-order valence-electron chi connectivity index (χ2n) is 2.84. The summed E-state index contributed by atoms with van der Waals surface area (Å²) in [6.07, 6.45) is 3.00. The van der Waals surface area contributed by atoms with E-state index in [-0.39, 0.29) is 0 Å². The minimum Gasteiger partial charge on any atom is -0.431 e. The third-order valence-electron chi connectivity index (χ3n) is 2.02. The molecule has 0 saturated carbocycles. The van der Waals surface area contributed by atoms with Crippen molar-refractivity contribution in [1.29, 1.82) is 0 Å². The van der Waals surface area contributed by atoms with Crippen molar-refractivity contribution in [1.82, 2.24) is 4.98 Å². The number of hydrogen-bond donors (Lipinski definition) is 0. The van der Waals surface area contributed by atoms with Gasteiger partial charge in [-0.15, -0.1) is 0 Å². The fraction of sp³-hybridized carbons (Fsp3) is 0.300. The highest BCUT2D eigenvalue weighted by molar-refractivity contribution is 7.98. The van der Waals surface area contributed by atoms with Gasteiger partial charge in [0.25, 0.3) is 5.22 Å². The predicted molar refractivity (Wildman–Crippen MR) is 55.2 cm³/mol. The van der Waals surface area contributed by atoms with Crippen molar-refractivity contribution in [2.45, 2.75) is 18.6 Å². The van der Waals surface area contributed by atoms with Gasteiger partial charge in [0.05, 0.1) is 0 Å². The molecule has 0 bridgehead atoms. The number of benzene rings is 1. The van der Waals surface area contributed by atoms with Crippen LogP contribution in [0.5, 0.6) is 0 Å². The zero-order chi connectivity index (χ0) is 9.26. The molecule has 68 valence electrons. The van der Waals surface area contributed by atoms with E-state index in [2.05, 4.69) is 24.0 Å². The summed E-state index contributed by atoms with van der Waals surface area (Å²) in [4.78, 5) is 4.30. The molecular formula is C10H11NOS. The lowest BCUT2D eigenvalue weighted by atomic mass is 10.2. The summed E-state index contributed by atoms with van der Waals surface area (Å²) in [5.74, 6) is 0. The number of fused-ring (bicyclic) bond motifs is 1. The fourth-order valence-electron chi connectivity index (χ4n) is 1.26. The molecule has 0 unspecified atom stereocenters. The van der Waals surface area contributed by atoms with Gasteiger partial charge in [-0.25, -0.2) is 4.98 Å². The van der Waals surface area contributed by atoms with E-state index in [0.717, 1.165) is 22.7 Å². The van der Waals surface area contributed by atoms with E-state index in [0.29, 0.717) is 0 Å². The van der Waals surface area contributed by atoms with Crippen molar-refractivity contribution in [3.63, 3.8) is 0 Å². The van der Waals surface area contributed by atoms with Crippen molar-refractivity contribution in [3.8, 4) is 0 Å². The van der Waals surface area contributed by atoms with Crippen LogP contribution in [-0.2, 0) is 6.42 Å². The molecule has 0 saturated heterocycles. The van der Waals surface area contributed by atoms with E-state index in [1.54, 1.807) is 0 Å². The second-order valence-corrected chi connectivity index (χ2v) is 3.60. The zero-order valence-electron chi connectivity index (χ0n) is 7.70. The van der Waals surface area contributed by atoms with Crippen LogP contribution in [0.25, 0.3) is 11.1 Å². The normalized spacial score (nSPS) is 10.9. The maximum atomic E-state index is 5.51. The lowest BCUT2D eigenvalue weighted by molar-refractivity contribution is 0.490. The lowest BCUT2D eigenvalue weighted by Gasteiger charge is -1.92. The Morgan fingerprint density at radius 3 is 3.00 bits per heavy atom.